The van der Waals surface area contributed by atoms with Crippen molar-refractivity contribution in [2.75, 3.05) is 25.0 Å². The van der Waals surface area contributed by atoms with Crippen LogP contribution in [0.15, 0.2) is 35.4 Å². The molecule has 0 saturated carbocycles. The molecule has 0 aliphatic carbocycles. The van der Waals surface area contributed by atoms with E-state index in [1.807, 2.05) is 5.32 Å². The molecular formula is C19H21ClF3N3O5S. The average Bonchev–Trinajstić information content (AvgIpc) is 3.10. The van der Waals surface area contributed by atoms with Crippen LogP contribution in [0.3, 0.4) is 0 Å². The molecule has 32 heavy (non-hydrogen) atoms. The van der Waals surface area contributed by atoms with Crippen molar-refractivity contribution in [1.29, 1.82) is 0 Å². The summed E-state index contributed by atoms with van der Waals surface area (Å²) >= 11 is 5.77. The number of carbonyl (C=O) groups excluding carboxylic acids is 2. The molecular weight excluding hydrogens is 475 g/mol. The highest BCUT2D eigenvalue weighted by atomic mass is 35.5. The van der Waals surface area contributed by atoms with Gasteiger partial charge in [-0.2, -0.15) is 17.5 Å². The van der Waals surface area contributed by atoms with E-state index in [1.54, 1.807) is 13.8 Å². The normalized spacial score (nSPS) is 12.1. The van der Waals surface area contributed by atoms with Crippen LogP contribution in [0.25, 0.3) is 0 Å². The standard InChI is InChI=1S/C19H21ClF3N3O5S/c1-4-26(5-2)32(29,30)12-9-15(25(3)10-12)18(28)31-11-16(27)24-17-13(19(21,22)23)7-6-8-14(17)20/h6-10H,4-5,11H2,1-3H3,(H,24,27). The van der Waals surface area contributed by atoms with E-state index in [9.17, 15) is 31.2 Å². The third kappa shape index (κ3) is 5.61. The molecule has 0 aliphatic rings. The first-order valence-corrected chi connectivity index (χ1v) is 11.1. The van der Waals surface area contributed by atoms with Crippen LogP contribution in [0.4, 0.5) is 18.9 Å². The van der Waals surface area contributed by atoms with Gasteiger partial charge < -0.3 is 14.6 Å². The van der Waals surface area contributed by atoms with Crippen LogP contribution >= 0.6 is 11.6 Å². The van der Waals surface area contributed by atoms with Crippen molar-refractivity contribution in [1.82, 2.24) is 8.87 Å². The van der Waals surface area contributed by atoms with Gasteiger partial charge in [-0.1, -0.05) is 31.5 Å². The quantitative estimate of drug-likeness (QED) is 0.565. The van der Waals surface area contributed by atoms with E-state index in [1.165, 1.54) is 28.2 Å². The summed E-state index contributed by atoms with van der Waals surface area (Å²) in [6, 6.07) is 4.10. The number of anilines is 1. The van der Waals surface area contributed by atoms with Crippen molar-refractivity contribution in [3.8, 4) is 0 Å². The highest BCUT2D eigenvalue weighted by molar-refractivity contribution is 7.89. The molecule has 0 aliphatic heterocycles. The largest absolute Gasteiger partial charge is 0.451 e. The highest BCUT2D eigenvalue weighted by Crippen LogP contribution is 2.38. The fourth-order valence-electron chi connectivity index (χ4n) is 2.86. The summed E-state index contributed by atoms with van der Waals surface area (Å²) in [5, 5.41) is 1.65. The minimum absolute atomic E-state index is 0.133. The van der Waals surface area contributed by atoms with Gasteiger partial charge in [0.1, 0.15) is 10.6 Å². The molecule has 1 amide bonds. The minimum Gasteiger partial charge on any atom is -0.451 e. The lowest BCUT2D eigenvalue weighted by Gasteiger charge is -2.17. The second-order valence-corrected chi connectivity index (χ2v) is 8.89. The number of carbonyl (C=O) groups is 2. The number of para-hydroxylation sites is 1. The monoisotopic (exact) mass is 495 g/mol. The van der Waals surface area contributed by atoms with E-state index in [-0.39, 0.29) is 28.7 Å². The first-order valence-electron chi connectivity index (χ1n) is 9.32. The first-order chi connectivity index (χ1) is 14.8. The van der Waals surface area contributed by atoms with Crippen LogP contribution in [0.5, 0.6) is 0 Å². The number of nitrogens with one attached hydrogen (secondary N) is 1. The number of esters is 1. The van der Waals surface area contributed by atoms with Crippen molar-refractivity contribution in [2.45, 2.75) is 24.9 Å². The summed E-state index contributed by atoms with van der Waals surface area (Å²) in [7, 11) is -2.41. The smallest absolute Gasteiger partial charge is 0.418 e. The second kappa shape index (κ2) is 9.92. The summed E-state index contributed by atoms with van der Waals surface area (Å²) in [6.45, 7) is 2.89. The number of ether oxygens (including phenoxy) is 1. The Hall–Kier alpha value is -2.57. The molecule has 13 heteroatoms. The number of hydrogen-bond donors (Lipinski definition) is 1. The van der Waals surface area contributed by atoms with Crippen molar-refractivity contribution in [3.05, 3.63) is 46.7 Å². The number of halogens is 4. The Morgan fingerprint density at radius 1 is 1.22 bits per heavy atom. The lowest BCUT2D eigenvalue weighted by atomic mass is 10.1. The van der Waals surface area contributed by atoms with Gasteiger partial charge in [0.2, 0.25) is 10.0 Å². The van der Waals surface area contributed by atoms with Gasteiger partial charge in [-0.15, -0.1) is 0 Å². The number of sulfonamides is 1. The van der Waals surface area contributed by atoms with Crippen LogP contribution in [0, 0.1) is 0 Å². The Balaban J connectivity index is 2.13. The average molecular weight is 496 g/mol. The SMILES string of the molecule is CCN(CC)S(=O)(=O)c1cc(C(=O)OCC(=O)Nc2c(Cl)cccc2C(F)(F)F)n(C)c1. The lowest BCUT2D eigenvalue weighted by Crippen LogP contribution is -2.30. The van der Waals surface area contributed by atoms with E-state index >= 15 is 0 Å². The number of aryl methyl sites for hydroxylation is 1. The van der Waals surface area contributed by atoms with Gasteiger partial charge >= 0.3 is 12.1 Å². The topological polar surface area (TPSA) is 97.7 Å². The van der Waals surface area contributed by atoms with Crippen LogP contribution < -0.4 is 5.32 Å². The lowest BCUT2D eigenvalue weighted by molar-refractivity contribution is -0.137. The van der Waals surface area contributed by atoms with Gasteiger partial charge in [0.05, 0.1) is 16.3 Å². The predicted molar refractivity (Wildman–Crippen MR) is 111 cm³/mol. The van der Waals surface area contributed by atoms with Crippen molar-refractivity contribution >= 4 is 39.2 Å². The third-order valence-electron chi connectivity index (χ3n) is 4.45. The Labute approximate surface area is 187 Å². The maximum Gasteiger partial charge on any atom is 0.418 e. The number of hydrogen-bond acceptors (Lipinski definition) is 5. The molecule has 2 aromatic rings. The fourth-order valence-corrected chi connectivity index (χ4v) is 4.61. The summed E-state index contributed by atoms with van der Waals surface area (Å²) in [4.78, 5) is 24.3. The van der Waals surface area contributed by atoms with E-state index in [0.717, 1.165) is 18.2 Å². The van der Waals surface area contributed by atoms with E-state index < -0.39 is 45.9 Å². The molecule has 0 spiro atoms. The van der Waals surface area contributed by atoms with Crippen molar-refractivity contribution < 1.29 is 35.9 Å². The molecule has 0 saturated heterocycles. The first kappa shape index (κ1) is 25.7. The van der Waals surface area contributed by atoms with Gasteiger partial charge in [-0.3, -0.25) is 4.79 Å². The molecule has 0 unspecified atom stereocenters. The maximum absolute atomic E-state index is 13.1. The Morgan fingerprint density at radius 2 is 1.84 bits per heavy atom. The number of alkyl halides is 3. The van der Waals surface area contributed by atoms with Crippen molar-refractivity contribution in [3.63, 3.8) is 0 Å². The van der Waals surface area contributed by atoms with Crippen LogP contribution in [-0.2, 0) is 32.8 Å². The zero-order chi connectivity index (χ0) is 24.3. The molecule has 1 aromatic heterocycles. The summed E-state index contributed by atoms with van der Waals surface area (Å²) in [5.74, 6) is -2.08. The van der Waals surface area contributed by atoms with Crippen LogP contribution in [0.1, 0.15) is 29.9 Å². The van der Waals surface area contributed by atoms with Gasteiger partial charge in [0.15, 0.2) is 6.61 Å². The highest BCUT2D eigenvalue weighted by Gasteiger charge is 2.35. The zero-order valence-corrected chi connectivity index (χ0v) is 18.9. The molecule has 0 radical (unpaired) electrons. The molecule has 2 rings (SSSR count). The number of rotatable bonds is 8. The maximum atomic E-state index is 13.1. The van der Waals surface area contributed by atoms with Gasteiger partial charge in [0, 0.05) is 26.3 Å². The molecule has 176 valence electrons. The minimum atomic E-state index is -4.76. The molecule has 0 fully saturated rings. The molecule has 0 atom stereocenters. The van der Waals surface area contributed by atoms with E-state index in [4.69, 9.17) is 16.3 Å². The van der Waals surface area contributed by atoms with E-state index in [2.05, 4.69) is 0 Å². The van der Waals surface area contributed by atoms with Crippen molar-refractivity contribution in [2.24, 2.45) is 7.05 Å². The molecule has 0 bridgehead atoms. The van der Waals surface area contributed by atoms with Gasteiger partial charge in [-0.25, -0.2) is 13.2 Å². The third-order valence-corrected chi connectivity index (χ3v) is 6.78. The Morgan fingerprint density at radius 3 is 2.41 bits per heavy atom. The molecule has 1 aromatic carbocycles. The zero-order valence-electron chi connectivity index (χ0n) is 17.4. The van der Waals surface area contributed by atoms with Crippen LogP contribution in [-0.4, -0.2) is 48.9 Å². The Kier molecular flexibility index (Phi) is 7.97. The Bertz CT molecular complexity index is 1110. The van der Waals surface area contributed by atoms with Gasteiger partial charge in [0.25, 0.3) is 5.91 Å². The van der Waals surface area contributed by atoms with Crippen LogP contribution in [0.2, 0.25) is 5.02 Å². The summed E-state index contributed by atoms with van der Waals surface area (Å²) in [6.07, 6.45) is -3.54. The molecule has 8 nitrogen and oxygen atoms in total. The number of nitrogens with zero attached hydrogens (tertiary/aromatic N) is 2. The van der Waals surface area contributed by atoms with Gasteiger partial charge in [-0.05, 0) is 18.2 Å². The second-order valence-electron chi connectivity index (χ2n) is 6.55. The summed E-state index contributed by atoms with van der Waals surface area (Å²) < 4.78 is 71.8. The fraction of sp³-hybridized carbons (Fsp3) is 0.368. The molecule has 1 heterocycles. The number of amides is 1. The predicted octanol–water partition coefficient (Wildman–Crippen LogP) is 3.52. The number of benzene rings is 1. The summed E-state index contributed by atoms with van der Waals surface area (Å²) in [5.41, 5.74) is -1.97. The number of aromatic nitrogens is 1. The van der Waals surface area contributed by atoms with E-state index in [0.29, 0.717) is 0 Å². The molecule has 1 N–H and O–H groups in total.